The monoisotopic (exact) mass is 350 g/mol. The number of carbonyl (C=O) groups is 2. The summed E-state index contributed by atoms with van der Waals surface area (Å²) in [5, 5.41) is 2.80. The lowest BCUT2D eigenvalue weighted by molar-refractivity contribution is 0.0925. The third kappa shape index (κ3) is 2.94. The van der Waals surface area contributed by atoms with Gasteiger partial charge in [-0.2, -0.15) is 0 Å². The summed E-state index contributed by atoms with van der Waals surface area (Å²) in [6.45, 7) is 1.92. The molecule has 132 valence electrons. The van der Waals surface area contributed by atoms with E-state index in [-0.39, 0.29) is 18.2 Å². The van der Waals surface area contributed by atoms with Gasteiger partial charge < -0.3 is 14.2 Å². The molecule has 0 saturated carbocycles. The number of aromatic nitrogens is 1. The maximum atomic E-state index is 12.6. The first-order valence-corrected chi connectivity index (χ1v) is 8.57. The van der Waals surface area contributed by atoms with Gasteiger partial charge in [0.05, 0.1) is 23.4 Å². The third-order valence-corrected chi connectivity index (χ3v) is 4.47. The molecule has 0 aliphatic heterocycles. The first-order chi connectivity index (χ1) is 12.6. The van der Waals surface area contributed by atoms with Crippen LogP contribution in [0.5, 0.6) is 0 Å². The van der Waals surface area contributed by atoms with Crippen LogP contribution in [0.15, 0.2) is 45.4 Å². The molecule has 6 heteroatoms. The zero-order chi connectivity index (χ0) is 18.1. The Bertz CT molecular complexity index is 969. The molecular formula is C20H18N2O4. The second-order valence-electron chi connectivity index (χ2n) is 6.30. The molecule has 1 aliphatic rings. The number of ketones is 1. The molecule has 0 spiro atoms. The molecule has 6 nitrogen and oxygen atoms in total. The Kier molecular flexibility index (Phi) is 4.16. The van der Waals surface area contributed by atoms with Crippen molar-refractivity contribution in [1.82, 2.24) is 10.3 Å². The molecule has 26 heavy (non-hydrogen) atoms. The number of benzene rings is 1. The van der Waals surface area contributed by atoms with Gasteiger partial charge in [-0.05, 0) is 25.5 Å². The van der Waals surface area contributed by atoms with Gasteiger partial charge in [0, 0.05) is 18.4 Å². The van der Waals surface area contributed by atoms with Gasteiger partial charge in [0.1, 0.15) is 17.8 Å². The van der Waals surface area contributed by atoms with Gasteiger partial charge in [-0.1, -0.05) is 18.2 Å². The molecule has 1 aromatic carbocycles. The van der Waals surface area contributed by atoms with Crippen molar-refractivity contribution in [2.75, 3.05) is 0 Å². The van der Waals surface area contributed by atoms with E-state index in [1.54, 1.807) is 6.92 Å². The van der Waals surface area contributed by atoms with Gasteiger partial charge in [-0.15, -0.1) is 0 Å². The Hall–Kier alpha value is -3.15. The normalized spacial score (nSPS) is 13.5. The number of rotatable bonds is 4. The molecule has 4 rings (SSSR count). The molecule has 0 fully saturated rings. The summed E-state index contributed by atoms with van der Waals surface area (Å²) in [6, 6.07) is 9.54. The Labute approximate surface area is 150 Å². The number of furan rings is 1. The number of nitrogens with zero attached hydrogens (tertiary/aromatic N) is 1. The zero-order valence-corrected chi connectivity index (χ0v) is 14.4. The summed E-state index contributed by atoms with van der Waals surface area (Å²) in [5.74, 6) is 1.25. The Morgan fingerprint density at radius 3 is 2.85 bits per heavy atom. The minimum absolute atomic E-state index is 0.0268. The first kappa shape index (κ1) is 16.3. The SMILES string of the molecule is Cc1oc2c(c1C(=O)NCc1coc(-c3ccccc3)n1)C(=O)CCC2. The lowest BCUT2D eigenvalue weighted by Crippen LogP contribution is -2.25. The lowest BCUT2D eigenvalue weighted by atomic mass is 9.93. The highest BCUT2D eigenvalue weighted by molar-refractivity contribution is 6.09. The zero-order valence-electron chi connectivity index (χ0n) is 14.4. The smallest absolute Gasteiger partial charge is 0.255 e. The molecule has 1 amide bonds. The van der Waals surface area contributed by atoms with E-state index in [0.29, 0.717) is 47.1 Å². The van der Waals surface area contributed by atoms with Crippen molar-refractivity contribution in [2.45, 2.75) is 32.7 Å². The van der Waals surface area contributed by atoms with Crippen molar-refractivity contribution in [1.29, 1.82) is 0 Å². The van der Waals surface area contributed by atoms with Crippen LogP contribution in [0.1, 0.15) is 50.8 Å². The number of aryl methyl sites for hydroxylation is 2. The highest BCUT2D eigenvalue weighted by Gasteiger charge is 2.30. The molecule has 0 unspecified atom stereocenters. The first-order valence-electron chi connectivity index (χ1n) is 8.57. The molecule has 0 bridgehead atoms. The van der Waals surface area contributed by atoms with E-state index in [9.17, 15) is 9.59 Å². The van der Waals surface area contributed by atoms with E-state index in [0.717, 1.165) is 12.0 Å². The van der Waals surface area contributed by atoms with Crippen LogP contribution in [-0.4, -0.2) is 16.7 Å². The molecule has 1 N–H and O–H groups in total. The molecule has 3 aromatic rings. The molecule has 0 saturated heterocycles. The summed E-state index contributed by atoms with van der Waals surface area (Å²) < 4.78 is 11.1. The Morgan fingerprint density at radius 1 is 1.23 bits per heavy atom. The van der Waals surface area contributed by atoms with E-state index >= 15 is 0 Å². The fourth-order valence-corrected chi connectivity index (χ4v) is 3.24. The Balaban J connectivity index is 1.50. The number of oxazole rings is 1. The fraction of sp³-hybridized carbons (Fsp3) is 0.250. The topological polar surface area (TPSA) is 85.3 Å². The summed E-state index contributed by atoms with van der Waals surface area (Å²) in [4.78, 5) is 29.2. The van der Waals surface area contributed by atoms with Crippen LogP contribution in [0.4, 0.5) is 0 Å². The van der Waals surface area contributed by atoms with Crippen LogP contribution in [0.2, 0.25) is 0 Å². The van der Waals surface area contributed by atoms with E-state index in [4.69, 9.17) is 8.83 Å². The predicted molar refractivity (Wildman–Crippen MR) is 93.8 cm³/mol. The van der Waals surface area contributed by atoms with Crippen molar-refractivity contribution in [3.8, 4) is 11.5 Å². The fourth-order valence-electron chi connectivity index (χ4n) is 3.24. The van der Waals surface area contributed by atoms with Crippen molar-refractivity contribution < 1.29 is 18.4 Å². The number of hydrogen-bond acceptors (Lipinski definition) is 5. The number of Topliss-reactive ketones (excluding diaryl/α,β-unsaturated/α-hetero) is 1. The number of hydrogen-bond donors (Lipinski definition) is 1. The summed E-state index contributed by atoms with van der Waals surface area (Å²) in [7, 11) is 0. The minimum atomic E-state index is -0.327. The van der Waals surface area contributed by atoms with Crippen molar-refractivity contribution in [2.24, 2.45) is 0 Å². The van der Waals surface area contributed by atoms with E-state index in [1.165, 1.54) is 6.26 Å². The van der Waals surface area contributed by atoms with Gasteiger partial charge in [0.2, 0.25) is 5.89 Å². The number of fused-ring (bicyclic) bond motifs is 1. The van der Waals surface area contributed by atoms with Crippen LogP contribution in [0, 0.1) is 6.92 Å². The van der Waals surface area contributed by atoms with E-state index in [1.807, 2.05) is 30.3 Å². The Morgan fingerprint density at radius 2 is 2.04 bits per heavy atom. The highest BCUT2D eigenvalue weighted by atomic mass is 16.3. The van der Waals surface area contributed by atoms with Crippen molar-refractivity contribution in [3.05, 3.63) is 64.9 Å². The standard InChI is InChI=1S/C20H18N2O4/c1-12-17(18-15(23)8-5-9-16(18)26-12)19(24)21-10-14-11-25-20(22-14)13-6-3-2-4-7-13/h2-4,6-7,11H,5,8-10H2,1H3,(H,21,24). The van der Waals surface area contributed by atoms with Crippen LogP contribution in [-0.2, 0) is 13.0 Å². The average molecular weight is 350 g/mol. The van der Waals surface area contributed by atoms with Gasteiger partial charge in [-0.3, -0.25) is 9.59 Å². The predicted octanol–water partition coefficient (Wildman–Crippen LogP) is 3.69. The van der Waals surface area contributed by atoms with Crippen LogP contribution >= 0.6 is 0 Å². The molecule has 0 atom stereocenters. The summed E-state index contributed by atoms with van der Waals surface area (Å²) >= 11 is 0. The second kappa shape index (κ2) is 6.63. The highest BCUT2D eigenvalue weighted by Crippen LogP contribution is 2.29. The van der Waals surface area contributed by atoms with Crippen LogP contribution in [0.3, 0.4) is 0 Å². The second-order valence-corrected chi connectivity index (χ2v) is 6.30. The third-order valence-electron chi connectivity index (χ3n) is 4.47. The van der Waals surface area contributed by atoms with Gasteiger partial charge in [-0.25, -0.2) is 4.98 Å². The number of amides is 1. The summed E-state index contributed by atoms with van der Waals surface area (Å²) in [5.41, 5.74) is 2.27. The van der Waals surface area contributed by atoms with E-state index < -0.39 is 0 Å². The maximum Gasteiger partial charge on any atom is 0.255 e. The maximum absolute atomic E-state index is 12.6. The van der Waals surface area contributed by atoms with Crippen LogP contribution < -0.4 is 5.32 Å². The molecule has 1 aliphatic carbocycles. The quantitative estimate of drug-likeness (QED) is 0.775. The van der Waals surface area contributed by atoms with Crippen molar-refractivity contribution in [3.63, 3.8) is 0 Å². The molecule has 2 heterocycles. The lowest BCUT2D eigenvalue weighted by Gasteiger charge is -2.10. The molecule has 0 radical (unpaired) electrons. The largest absolute Gasteiger partial charge is 0.465 e. The minimum Gasteiger partial charge on any atom is -0.465 e. The number of carbonyl (C=O) groups excluding carboxylic acids is 2. The molecular weight excluding hydrogens is 332 g/mol. The number of nitrogens with one attached hydrogen (secondary N) is 1. The summed E-state index contributed by atoms with van der Waals surface area (Å²) in [6.07, 6.45) is 3.43. The average Bonchev–Trinajstić information content (AvgIpc) is 3.25. The van der Waals surface area contributed by atoms with Gasteiger partial charge >= 0.3 is 0 Å². The molecule has 2 aromatic heterocycles. The van der Waals surface area contributed by atoms with Gasteiger partial charge in [0.25, 0.3) is 5.91 Å². The van der Waals surface area contributed by atoms with Gasteiger partial charge in [0.15, 0.2) is 5.78 Å². The van der Waals surface area contributed by atoms with Crippen molar-refractivity contribution >= 4 is 11.7 Å². The van der Waals surface area contributed by atoms with E-state index in [2.05, 4.69) is 10.3 Å². The van der Waals surface area contributed by atoms with Crippen LogP contribution in [0.25, 0.3) is 11.5 Å².